The molecule has 110 valence electrons. The molecule has 7 heteroatoms. The van der Waals surface area contributed by atoms with Gasteiger partial charge in [-0.1, -0.05) is 30.3 Å². The first-order chi connectivity index (χ1) is 9.27. The molecule has 20 heavy (non-hydrogen) atoms. The van der Waals surface area contributed by atoms with Crippen LogP contribution in [0.1, 0.15) is 17.9 Å². The Labute approximate surface area is 113 Å². The van der Waals surface area contributed by atoms with Crippen molar-refractivity contribution in [3.8, 4) is 0 Å². The van der Waals surface area contributed by atoms with Crippen molar-refractivity contribution in [1.29, 1.82) is 0 Å². The molecule has 0 aliphatic rings. The molecular weight excluding hydrogens is 277 g/mol. The lowest BCUT2D eigenvalue weighted by Gasteiger charge is -2.26. The molecular formula is C13H13F3O4. The number of carboxylic acid groups (broad SMARTS) is 1. The monoisotopic (exact) mass is 290 g/mol. The number of hydrogen-bond acceptors (Lipinski definition) is 3. The summed E-state index contributed by atoms with van der Waals surface area (Å²) in [6.07, 6.45) is -6.02. The third-order valence-corrected chi connectivity index (χ3v) is 2.83. The van der Waals surface area contributed by atoms with E-state index in [1.807, 2.05) is 0 Å². The molecule has 1 aromatic rings. The highest BCUT2D eigenvalue weighted by molar-refractivity contribution is 5.80. The van der Waals surface area contributed by atoms with Crippen LogP contribution in [0.25, 0.3) is 0 Å². The molecule has 0 aliphatic carbocycles. The third kappa shape index (κ3) is 3.97. The second-order valence-electron chi connectivity index (χ2n) is 4.16. The highest BCUT2D eigenvalue weighted by atomic mass is 19.4. The standard InChI is InChI=1S/C13H13F3O4/c1-20-12(19)11(8-5-3-2-4-6-8)9(7-10(17)18)13(14,15)16/h2-6,9,11H,7H2,1H3,(H,17,18). The molecule has 1 rings (SSSR count). The zero-order valence-electron chi connectivity index (χ0n) is 10.6. The predicted octanol–water partition coefficient (Wildman–Crippen LogP) is 2.60. The molecule has 0 saturated heterocycles. The van der Waals surface area contributed by atoms with E-state index in [-0.39, 0.29) is 5.56 Å². The number of aliphatic carboxylic acids is 1. The van der Waals surface area contributed by atoms with E-state index < -0.39 is 36.4 Å². The lowest BCUT2D eigenvalue weighted by molar-refractivity contribution is -0.194. The minimum Gasteiger partial charge on any atom is -0.481 e. The summed E-state index contributed by atoms with van der Waals surface area (Å²) in [6.45, 7) is 0. The summed E-state index contributed by atoms with van der Waals surface area (Å²) in [5.41, 5.74) is 0.0722. The SMILES string of the molecule is COC(=O)C(c1ccccc1)C(CC(=O)O)C(F)(F)F. The number of rotatable bonds is 5. The Morgan fingerprint density at radius 1 is 1.25 bits per heavy atom. The van der Waals surface area contributed by atoms with E-state index in [9.17, 15) is 22.8 Å². The van der Waals surface area contributed by atoms with Crippen molar-refractivity contribution in [2.24, 2.45) is 5.92 Å². The van der Waals surface area contributed by atoms with Gasteiger partial charge >= 0.3 is 18.1 Å². The molecule has 0 aromatic heterocycles. The molecule has 0 heterocycles. The molecule has 2 atom stereocenters. The van der Waals surface area contributed by atoms with Gasteiger partial charge in [-0.05, 0) is 5.56 Å². The van der Waals surface area contributed by atoms with Crippen molar-refractivity contribution in [3.05, 3.63) is 35.9 Å². The van der Waals surface area contributed by atoms with Gasteiger partial charge in [0.05, 0.1) is 25.4 Å². The molecule has 0 saturated carbocycles. The molecule has 0 bridgehead atoms. The Bertz CT molecular complexity index is 470. The quantitative estimate of drug-likeness (QED) is 0.847. The number of carbonyl (C=O) groups excluding carboxylic acids is 1. The maximum atomic E-state index is 13.0. The highest BCUT2D eigenvalue weighted by Crippen LogP contribution is 2.40. The second kappa shape index (κ2) is 6.40. The lowest BCUT2D eigenvalue weighted by atomic mass is 9.83. The Morgan fingerprint density at radius 2 is 1.80 bits per heavy atom. The molecule has 4 nitrogen and oxygen atoms in total. The van der Waals surface area contributed by atoms with Gasteiger partial charge in [0.1, 0.15) is 0 Å². The van der Waals surface area contributed by atoms with Crippen LogP contribution in [0.4, 0.5) is 13.2 Å². The zero-order chi connectivity index (χ0) is 15.3. The highest BCUT2D eigenvalue weighted by Gasteiger charge is 2.49. The van der Waals surface area contributed by atoms with E-state index in [0.717, 1.165) is 7.11 Å². The largest absolute Gasteiger partial charge is 0.481 e. The van der Waals surface area contributed by atoms with Gasteiger partial charge in [-0.25, -0.2) is 0 Å². The van der Waals surface area contributed by atoms with Crippen LogP contribution in [0.3, 0.4) is 0 Å². The number of carbonyl (C=O) groups is 2. The van der Waals surface area contributed by atoms with Crippen molar-refractivity contribution >= 4 is 11.9 Å². The van der Waals surface area contributed by atoms with E-state index in [0.29, 0.717) is 0 Å². The van der Waals surface area contributed by atoms with Gasteiger partial charge in [0.25, 0.3) is 0 Å². The summed E-state index contributed by atoms with van der Waals surface area (Å²) >= 11 is 0. The van der Waals surface area contributed by atoms with Gasteiger partial charge in [-0.15, -0.1) is 0 Å². The van der Waals surface area contributed by atoms with Crippen molar-refractivity contribution in [2.45, 2.75) is 18.5 Å². The molecule has 0 amide bonds. The van der Waals surface area contributed by atoms with Crippen molar-refractivity contribution < 1.29 is 32.6 Å². The number of hydrogen-bond donors (Lipinski definition) is 1. The van der Waals surface area contributed by atoms with Crippen molar-refractivity contribution in [3.63, 3.8) is 0 Å². The molecule has 0 aliphatic heterocycles. The molecule has 1 aromatic carbocycles. The number of methoxy groups -OCH3 is 1. The third-order valence-electron chi connectivity index (χ3n) is 2.83. The van der Waals surface area contributed by atoms with Crippen LogP contribution >= 0.6 is 0 Å². The van der Waals surface area contributed by atoms with Crippen LogP contribution in [0, 0.1) is 5.92 Å². The van der Waals surface area contributed by atoms with Crippen LogP contribution in [-0.4, -0.2) is 30.3 Å². The minimum atomic E-state index is -4.83. The normalized spacial score (nSPS) is 14.4. The van der Waals surface area contributed by atoms with E-state index >= 15 is 0 Å². The maximum Gasteiger partial charge on any atom is 0.393 e. The Hall–Kier alpha value is -2.05. The van der Waals surface area contributed by atoms with Gasteiger partial charge in [0.15, 0.2) is 0 Å². The average Bonchev–Trinajstić information content (AvgIpc) is 2.37. The molecule has 1 N–H and O–H groups in total. The fourth-order valence-corrected chi connectivity index (χ4v) is 1.93. The van der Waals surface area contributed by atoms with E-state index in [1.165, 1.54) is 24.3 Å². The summed E-state index contributed by atoms with van der Waals surface area (Å²) in [4.78, 5) is 22.3. The number of esters is 1. The summed E-state index contributed by atoms with van der Waals surface area (Å²) < 4.78 is 43.5. The number of halogens is 3. The first-order valence-electron chi connectivity index (χ1n) is 5.68. The van der Waals surface area contributed by atoms with E-state index in [2.05, 4.69) is 4.74 Å². The lowest BCUT2D eigenvalue weighted by Crippen LogP contribution is -2.35. The van der Waals surface area contributed by atoms with Crippen molar-refractivity contribution in [1.82, 2.24) is 0 Å². The summed E-state index contributed by atoms with van der Waals surface area (Å²) in [5.74, 6) is -6.77. The second-order valence-corrected chi connectivity index (χ2v) is 4.16. The zero-order valence-corrected chi connectivity index (χ0v) is 10.6. The van der Waals surface area contributed by atoms with E-state index in [4.69, 9.17) is 5.11 Å². The summed E-state index contributed by atoms with van der Waals surface area (Å²) in [7, 11) is 0.965. The number of alkyl halides is 3. The Balaban J connectivity index is 3.25. The summed E-state index contributed by atoms with van der Waals surface area (Å²) in [6, 6.07) is 7.20. The average molecular weight is 290 g/mol. The Morgan fingerprint density at radius 3 is 2.20 bits per heavy atom. The van der Waals surface area contributed by atoms with Crippen molar-refractivity contribution in [2.75, 3.05) is 7.11 Å². The van der Waals surface area contributed by atoms with Crippen LogP contribution in [-0.2, 0) is 14.3 Å². The fraction of sp³-hybridized carbons (Fsp3) is 0.385. The number of carboxylic acids is 1. The first-order valence-corrected chi connectivity index (χ1v) is 5.68. The van der Waals surface area contributed by atoms with Gasteiger partial charge in [0, 0.05) is 0 Å². The van der Waals surface area contributed by atoms with Gasteiger partial charge < -0.3 is 9.84 Å². The predicted molar refractivity (Wildman–Crippen MR) is 63.0 cm³/mol. The molecule has 2 unspecified atom stereocenters. The minimum absolute atomic E-state index is 0.0722. The topological polar surface area (TPSA) is 63.6 Å². The van der Waals surface area contributed by atoms with Gasteiger partial charge in [0.2, 0.25) is 0 Å². The molecule has 0 spiro atoms. The van der Waals surface area contributed by atoms with Gasteiger partial charge in [-0.2, -0.15) is 13.2 Å². The Kier molecular flexibility index (Phi) is 5.12. The van der Waals surface area contributed by atoms with Crippen LogP contribution in [0.5, 0.6) is 0 Å². The van der Waals surface area contributed by atoms with Crippen LogP contribution < -0.4 is 0 Å². The fourth-order valence-electron chi connectivity index (χ4n) is 1.93. The van der Waals surface area contributed by atoms with Crippen LogP contribution in [0.2, 0.25) is 0 Å². The van der Waals surface area contributed by atoms with Gasteiger partial charge in [-0.3, -0.25) is 9.59 Å². The maximum absolute atomic E-state index is 13.0. The number of benzene rings is 1. The first kappa shape index (κ1) is 16.0. The van der Waals surface area contributed by atoms with E-state index in [1.54, 1.807) is 6.07 Å². The number of ether oxygens (including phenoxy) is 1. The molecule has 0 fully saturated rings. The smallest absolute Gasteiger partial charge is 0.393 e. The summed E-state index contributed by atoms with van der Waals surface area (Å²) in [5, 5.41) is 8.65. The molecule has 0 radical (unpaired) electrons. The van der Waals surface area contributed by atoms with Crippen LogP contribution in [0.15, 0.2) is 30.3 Å².